The molecule has 2 N–H and O–H groups in total. The van der Waals surface area contributed by atoms with Gasteiger partial charge in [0, 0.05) is 52.0 Å². The average molecular weight is 849 g/mol. The fourth-order valence-electron chi connectivity index (χ4n) is 8.64. The molecular weight excluding hydrogens is 773 g/mol. The molecule has 2 saturated heterocycles. The molecule has 342 valence electrons. The van der Waals surface area contributed by atoms with Gasteiger partial charge in [0.25, 0.3) is 17.4 Å². The van der Waals surface area contributed by atoms with Crippen LogP contribution in [0.1, 0.15) is 120 Å². The summed E-state index contributed by atoms with van der Waals surface area (Å²) in [5.74, 6) is -5.34. The molecule has 0 aromatic rings. The summed E-state index contributed by atoms with van der Waals surface area (Å²) in [4.78, 5) is 70.5. The highest BCUT2D eigenvalue weighted by Gasteiger charge is 2.59. The number of carbonyl (C=O) groups is 4. The predicted octanol–water partition coefficient (Wildman–Crippen LogP) is 6.69. The van der Waals surface area contributed by atoms with Crippen molar-refractivity contribution in [3.05, 3.63) is 40.9 Å². The van der Waals surface area contributed by atoms with Crippen LogP contribution in [0.4, 0.5) is 0 Å². The van der Waals surface area contributed by atoms with Gasteiger partial charge in [-0.05, 0) is 94.7 Å². The maximum atomic E-state index is 14.4. The number of piperidine rings is 1. The zero-order chi connectivity index (χ0) is 45.5. The van der Waals surface area contributed by atoms with E-state index in [1.54, 1.807) is 26.8 Å². The maximum absolute atomic E-state index is 14.4. The Morgan fingerprint density at radius 2 is 1.65 bits per heavy atom. The number of esters is 1. The number of hydrogen-bond donors (Lipinski definition) is 2. The number of Topliss-reactive ketones (excluding diaryl/α,β-unsaturated/α-hetero) is 2. The minimum Gasteiger partial charge on any atom is -0.456 e. The standard InChI is InChI=1S/C46H76N2O12/c1-14-18-33(21-27(3)4)37(51)26-36(50)32(10)41(30(8)23-29(7)24-38(56-11)35(49)15-2)59-45(54)34-19-16-17-20-48(34)44(53)43(52)46(47-55)31(9)25-40(58-13)42(60-46)39(57-12)22-28(5)6/h14,21,23,28-29,31-36,38-42,49-50H,1,15-20,22,24-26H2,2-13H3/b30-23+. The average Bonchev–Trinajstić information content (AvgIpc) is 3.22. The third-order valence-electron chi connectivity index (χ3n) is 12.2. The zero-order valence-electron chi connectivity index (χ0n) is 38.4. The van der Waals surface area contributed by atoms with Crippen molar-refractivity contribution in [2.24, 2.45) is 34.8 Å². The normalized spacial score (nSPS) is 26.4. The van der Waals surface area contributed by atoms with Gasteiger partial charge >= 0.3 is 5.97 Å². The molecule has 60 heavy (non-hydrogen) atoms. The van der Waals surface area contributed by atoms with Gasteiger partial charge in [0.15, 0.2) is 0 Å². The van der Waals surface area contributed by atoms with Crippen LogP contribution in [-0.2, 0) is 42.9 Å². The highest BCUT2D eigenvalue weighted by atomic mass is 16.6. The van der Waals surface area contributed by atoms with Crippen LogP contribution in [0.15, 0.2) is 41.1 Å². The molecule has 0 bridgehead atoms. The van der Waals surface area contributed by atoms with Gasteiger partial charge in [0.1, 0.15) is 24.0 Å². The fourth-order valence-corrected chi connectivity index (χ4v) is 8.64. The SMILES string of the molecule is C=CCC(C=C(C)C)C(=O)CC(O)C(C)C(OC(=O)C1CCCCN1C(=O)C(=O)C1(N=O)OC(C(CC(C)C)OC)C(OC)CC1C)/C(C)=C/C(C)CC(OC)C(O)CC. The lowest BCUT2D eigenvalue weighted by Crippen LogP contribution is -2.63. The maximum Gasteiger partial charge on any atom is 0.329 e. The third-order valence-corrected chi connectivity index (χ3v) is 12.2. The smallest absolute Gasteiger partial charge is 0.329 e. The number of ether oxygens (including phenoxy) is 5. The van der Waals surface area contributed by atoms with Crippen LogP contribution in [-0.4, -0.2) is 121 Å². The summed E-state index contributed by atoms with van der Waals surface area (Å²) in [6.07, 6.45) is 3.13. The first-order valence-corrected chi connectivity index (χ1v) is 21.8. The molecule has 0 aliphatic carbocycles. The summed E-state index contributed by atoms with van der Waals surface area (Å²) in [7, 11) is 4.55. The van der Waals surface area contributed by atoms with E-state index in [2.05, 4.69) is 11.8 Å². The van der Waals surface area contributed by atoms with Gasteiger partial charge in [-0.2, -0.15) is 0 Å². The predicted molar refractivity (Wildman–Crippen MR) is 230 cm³/mol. The molecule has 2 heterocycles. The van der Waals surface area contributed by atoms with Crippen molar-refractivity contribution >= 4 is 23.4 Å². The minimum absolute atomic E-state index is 0.0439. The van der Waals surface area contributed by atoms with Gasteiger partial charge in [-0.25, -0.2) is 4.79 Å². The van der Waals surface area contributed by atoms with Crippen LogP contribution >= 0.6 is 0 Å². The van der Waals surface area contributed by atoms with E-state index in [0.29, 0.717) is 44.1 Å². The summed E-state index contributed by atoms with van der Waals surface area (Å²) in [5, 5.41) is 25.3. The molecular formula is C46H76N2O12. The molecule has 0 aromatic heterocycles. The van der Waals surface area contributed by atoms with E-state index in [9.17, 15) is 34.3 Å². The number of amides is 1. The molecule has 13 atom stereocenters. The van der Waals surface area contributed by atoms with Crippen molar-refractivity contribution in [2.75, 3.05) is 27.9 Å². The Bertz CT molecular complexity index is 1490. The highest BCUT2D eigenvalue weighted by Crippen LogP contribution is 2.41. The highest BCUT2D eigenvalue weighted by molar-refractivity contribution is 6.39. The number of nitrogens with zero attached hydrogens (tertiary/aromatic N) is 2. The number of carbonyl (C=O) groups excluding carboxylic acids is 4. The Hall–Kier alpha value is -3.14. The molecule has 0 spiro atoms. The van der Waals surface area contributed by atoms with Gasteiger partial charge in [0.2, 0.25) is 0 Å². The van der Waals surface area contributed by atoms with Gasteiger partial charge < -0.3 is 38.8 Å². The number of rotatable bonds is 25. The van der Waals surface area contributed by atoms with E-state index in [-0.39, 0.29) is 43.4 Å². The number of allylic oxidation sites excluding steroid dienone is 4. The molecule has 2 fully saturated rings. The number of methoxy groups -OCH3 is 3. The van der Waals surface area contributed by atoms with Crippen LogP contribution in [0, 0.1) is 34.5 Å². The number of aliphatic hydroxyl groups excluding tert-OH is 2. The number of ketones is 2. The minimum atomic E-state index is -2.39. The molecule has 2 aliphatic heterocycles. The quantitative estimate of drug-likeness (QED) is 0.0430. The molecule has 1 amide bonds. The van der Waals surface area contributed by atoms with Crippen LogP contribution < -0.4 is 0 Å². The first-order valence-electron chi connectivity index (χ1n) is 21.8. The second kappa shape index (κ2) is 25.1. The van der Waals surface area contributed by atoms with Gasteiger partial charge in [0.05, 0.1) is 30.5 Å². The Balaban J connectivity index is 2.53. The topological polar surface area (TPSA) is 188 Å². The van der Waals surface area contributed by atoms with Crippen LogP contribution in [0.2, 0.25) is 0 Å². The lowest BCUT2D eigenvalue weighted by Gasteiger charge is -2.46. The summed E-state index contributed by atoms with van der Waals surface area (Å²) in [6.45, 7) is 20.5. The monoisotopic (exact) mass is 849 g/mol. The second-order valence-corrected chi connectivity index (χ2v) is 17.7. The van der Waals surface area contributed by atoms with E-state index >= 15 is 0 Å². The Kier molecular flexibility index (Phi) is 22.2. The van der Waals surface area contributed by atoms with Crippen molar-refractivity contribution in [3.63, 3.8) is 0 Å². The molecule has 14 nitrogen and oxygen atoms in total. The molecule has 0 aromatic carbocycles. The Morgan fingerprint density at radius 1 is 0.983 bits per heavy atom. The van der Waals surface area contributed by atoms with Gasteiger partial charge in [-0.1, -0.05) is 65.3 Å². The van der Waals surface area contributed by atoms with Crippen LogP contribution in [0.3, 0.4) is 0 Å². The number of aliphatic hydroxyl groups is 2. The lowest BCUT2D eigenvalue weighted by atomic mass is 9.81. The molecule has 0 radical (unpaired) electrons. The van der Waals surface area contributed by atoms with E-state index in [1.165, 1.54) is 21.3 Å². The van der Waals surface area contributed by atoms with E-state index in [4.69, 9.17) is 23.7 Å². The first-order chi connectivity index (χ1) is 28.3. The van der Waals surface area contributed by atoms with Crippen molar-refractivity contribution in [3.8, 4) is 0 Å². The molecule has 2 rings (SSSR count). The molecule has 13 unspecified atom stereocenters. The van der Waals surface area contributed by atoms with Crippen LogP contribution in [0.5, 0.6) is 0 Å². The third kappa shape index (κ3) is 13.9. The summed E-state index contributed by atoms with van der Waals surface area (Å²) in [6, 6.07) is -1.20. The number of likely N-dealkylation sites (tertiary alicyclic amines) is 1. The largest absolute Gasteiger partial charge is 0.456 e. The van der Waals surface area contributed by atoms with E-state index < -0.39 is 89.9 Å². The summed E-state index contributed by atoms with van der Waals surface area (Å²) in [5.41, 5.74) is -0.845. The Labute approximate surface area is 358 Å². The van der Waals surface area contributed by atoms with Crippen LogP contribution in [0.25, 0.3) is 0 Å². The molecule has 14 heteroatoms. The summed E-state index contributed by atoms with van der Waals surface area (Å²) < 4.78 is 29.5. The number of nitroso groups, excluding NO2 is 1. The number of hydrogen-bond acceptors (Lipinski definition) is 13. The molecule has 0 saturated carbocycles. The van der Waals surface area contributed by atoms with Crippen molar-refractivity contribution in [2.45, 2.75) is 175 Å². The molecule has 2 aliphatic rings. The van der Waals surface area contributed by atoms with Crippen molar-refractivity contribution in [1.82, 2.24) is 4.90 Å². The lowest BCUT2D eigenvalue weighted by molar-refractivity contribution is -0.232. The van der Waals surface area contributed by atoms with E-state index in [1.807, 2.05) is 53.7 Å². The van der Waals surface area contributed by atoms with E-state index in [0.717, 1.165) is 10.5 Å². The summed E-state index contributed by atoms with van der Waals surface area (Å²) >= 11 is 0. The van der Waals surface area contributed by atoms with Gasteiger partial charge in [-0.3, -0.25) is 14.4 Å². The zero-order valence-corrected chi connectivity index (χ0v) is 38.4. The Morgan fingerprint density at radius 3 is 2.18 bits per heavy atom. The fraction of sp³-hybridized carbons (Fsp3) is 0.783. The second-order valence-electron chi connectivity index (χ2n) is 17.7. The van der Waals surface area contributed by atoms with Crippen molar-refractivity contribution < 1.29 is 53.1 Å². The van der Waals surface area contributed by atoms with Crippen molar-refractivity contribution in [1.29, 1.82) is 0 Å². The van der Waals surface area contributed by atoms with Gasteiger partial charge in [-0.15, -0.1) is 11.5 Å². The first kappa shape index (κ1) is 53.0.